The Balaban J connectivity index is 1.51. The van der Waals surface area contributed by atoms with Crippen molar-refractivity contribution in [2.75, 3.05) is 19.6 Å². The molecule has 0 saturated carbocycles. The van der Waals surface area contributed by atoms with Gasteiger partial charge in [0.05, 0.1) is 11.8 Å². The molecule has 5 heteroatoms. The number of hydrogen-bond donors (Lipinski definition) is 1. The highest BCUT2D eigenvalue weighted by Gasteiger charge is 2.24. The lowest BCUT2D eigenvalue weighted by molar-refractivity contribution is 0.109. The smallest absolute Gasteiger partial charge is 0.101 e. The fourth-order valence-electron chi connectivity index (χ4n) is 4.69. The van der Waals surface area contributed by atoms with Gasteiger partial charge in [0.25, 0.3) is 0 Å². The average Bonchev–Trinajstić information content (AvgIpc) is 2.84. The molecule has 0 aliphatic carbocycles. The quantitative estimate of drug-likeness (QED) is 0.493. The zero-order valence-electron chi connectivity index (χ0n) is 18.4. The van der Waals surface area contributed by atoms with Gasteiger partial charge in [0, 0.05) is 36.0 Å². The van der Waals surface area contributed by atoms with E-state index < -0.39 is 0 Å². The molecule has 0 spiro atoms. The van der Waals surface area contributed by atoms with E-state index in [9.17, 15) is 5.11 Å². The Hall–Kier alpha value is -3.15. The van der Waals surface area contributed by atoms with Gasteiger partial charge in [-0.1, -0.05) is 36.4 Å². The summed E-state index contributed by atoms with van der Waals surface area (Å²) in [6, 6.07) is 21.2. The Morgan fingerprint density at radius 2 is 1.66 bits per heavy atom. The number of fused-ring (bicyclic) bond motifs is 1. The third-order valence-electron chi connectivity index (χ3n) is 6.36. The molecule has 2 aromatic carbocycles. The first-order valence-corrected chi connectivity index (χ1v) is 11.3. The van der Waals surface area contributed by atoms with Crippen LogP contribution in [0.5, 0.6) is 0 Å². The first kappa shape index (κ1) is 20.7. The summed E-state index contributed by atoms with van der Waals surface area (Å²) in [7, 11) is 0. The maximum Gasteiger partial charge on any atom is 0.101 e. The number of nitrogens with zero attached hydrogens (tertiary/aromatic N) is 4. The van der Waals surface area contributed by atoms with Gasteiger partial charge < -0.3 is 10.0 Å². The maximum atomic E-state index is 9.69. The van der Waals surface area contributed by atoms with E-state index in [4.69, 9.17) is 10.2 Å². The molecule has 162 valence electrons. The molecule has 5 nitrogen and oxygen atoms in total. The van der Waals surface area contributed by atoms with Gasteiger partial charge in [-0.2, -0.15) is 5.10 Å². The number of pyridine rings is 1. The Labute approximate surface area is 188 Å². The number of likely N-dealkylation sites (tertiary alicyclic amines) is 1. The van der Waals surface area contributed by atoms with Crippen molar-refractivity contribution in [3.05, 3.63) is 78.8 Å². The average molecular weight is 425 g/mol. The van der Waals surface area contributed by atoms with Crippen molar-refractivity contribution in [3.8, 4) is 22.4 Å². The molecule has 1 atom stereocenters. The Morgan fingerprint density at radius 1 is 0.906 bits per heavy atom. The SMILES string of the molecule is CC(O)CN1CCC(c2cc(-c3ccncc3)c(-c3ccc4ccccc4c3)nn2)CC1. The highest BCUT2D eigenvalue weighted by molar-refractivity contribution is 5.89. The van der Waals surface area contributed by atoms with E-state index in [1.807, 2.05) is 31.5 Å². The molecule has 3 heterocycles. The van der Waals surface area contributed by atoms with E-state index in [1.54, 1.807) is 0 Å². The van der Waals surface area contributed by atoms with Gasteiger partial charge in [-0.05, 0) is 73.5 Å². The van der Waals surface area contributed by atoms with Gasteiger partial charge in [-0.15, -0.1) is 5.10 Å². The van der Waals surface area contributed by atoms with E-state index in [0.29, 0.717) is 5.92 Å². The van der Waals surface area contributed by atoms with Gasteiger partial charge >= 0.3 is 0 Å². The number of β-amino-alcohol motifs (C(OH)–C–C–N with tert-alkyl or cyclic N) is 1. The summed E-state index contributed by atoms with van der Waals surface area (Å²) in [5.74, 6) is 0.388. The van der Waals surface area contributed by atoms with E-state index in [1.165, 1.54) is 10.8 Å². The largest absolute Gasteiger partial charge is 0.392 e. The van der Waals surface area contributed by atoms with E-state index >= 15 is 0 Å². The fourth-order valence-corrected chi connectivity index (χ4v) is 4.69. The lowest BCUT2D eigenvalue weighted by Gasteiger charge is -2.32. The highest BCUT2D eigenvalue weighted by atomic mass is 16.3. The van der Waals surface area contributed by atoms with Crippen LogP contribution in [0.2, 0.25) is 0 Å². The molecule has 1 saturated heterocycles. The summed E-state index contributed by atoms with van der Waals surface area (Å²) in [4.78, 5) is 6.53. The second kappa shape index (κ2) is 9.15. The molecule has 1 aliphatic heterocycles. The first-order valence-electron chi connectivity index (χ1n) is 11.3. The molecule has 4 aromatic rings. The minimum atomic E-state index is -0.286. The van der Waals surface area contributed by atoms with Gasteiger partial charge in [0.1, 0.15) is 5.69 Å². The lowest BCUT2D eigenvalue weighted by atomic mass is 9.90. The highest BCUT2D eigenvalue weighted by Crippen LogP contribution is 2.35. The van der Waals surface area contributed by atoms with Gasteiger partial charge in [0.2, 0.25) is 0 Å². The number of piperidine rings is 1. The van der Waals surface area contributed by atoms with Gasteiger partial charge in [-0.3, -0.25) is 4.98 Å². The second-order valence-corrected chi connectivity index (χ2v) is 8.75. The van der Waals surface area contributed by atoms with Crippen molar-refractivity contribution in [3.63, 3.8) is 0 Å². The zero-order chi connectivity index (χ0) is 21.9. The van der Waals surface area contributed by atoms with Crippen molar-refractivity contribution < 1.29 is 5.11 Å². The summed E-state index contributed by atoms with van der Waals surface area (Å²) in [6.45, 7) is 4.55. The van der Waals surface area contributed by atoms with Crippen molar-refractivity contribution in [2.45, 2.75) is 31.8 Å². The number of hydrogen-bond acceptors (Lipinski definition) is 5. The Bertz CT molecular complexity index is 1200. The molecule has 0 bridgehead atoms. The molecule has 0 radical (unpaired) electrons. The Morgan fingerprint density at radius 3 is 2.41 bits per heavy atom. The van der Waals surface area contributed by atoms with Crippen LogP contribution in [0.3, 0.4) is 0 Å². The van der Waals surface area contributed by atoms with Crippen molar-refractivity contribution >= 4 is 10.8 Å². The minimum Gasteiger partial charge on any atom is -0.392 e. The van der Waals surface area contributed by atoms with Crippen LogP contribution in [0.15, 0.2) is 73.1 Å². The van der Waals surface area contributed by atoms with Crippen molar-refractivity contribution in [2.24, 2.45) is 0 Å². The topological polar surface area (TPSA) is 62.1 Å². The summed E-state index contributed by atoms with van der Waals surface area (Å²) in [6.07, 6.45) is 5.44. The molecule has 2 aromatic heterocycles. The Kier molecular flexibility index (Phi) is 5.93. The molecular formula is C27H28N4O. The molecule has 1 N–H and O–H groups in total. The summed E-state index contributed by atoms with van der Waals surface area (Å²) < 4.78 is 0. The molecule has 5 rings (SSSR count). The summed E-state index contributed by atoms with van der Waals surface area (Å²) >= 11 is 0. The van der Waals surface area contributed by atoms with Crippen LogP contribution >= 0.6 is 0 Å². The van der Waals surface area contributed by atoms with E-state index in [0.717, 1.165) is 60.6 Å². The van der Waals surface area contributed by atoms with Gasteiger partial charge in [-0.25, -0.2) is 0 Å². The molecular weight excluding hydrogens is 396 g/mol. The van der Waals surface area contributed by atoms with Crippen LogP contribution in [0, 0.1) is 0 Å². The zero-order valence-corrected chi connectivity index (χ0v) is 18.4. The number of benzene rings is 2. The minimum absolute atomic E-state index is 0.286. The van der Waals surface area contributed by atoms with Crippen LogP contribution in [-0.2, 0) is 0 Å². The number of aromatic nitrogens is 3. The van der Waals surface area contributed by atoms with Crippen LogP contribution < -0.4 is 0 Å². The molecule has 1 fully saturated rings. The van der Waals surface area contributed by atoms with Crippen LogP contribution in [-0.4, -0.2) is 50.9 Å². The number of rotatable bonds is 5. The lowest BCUT2D eigenvalue weighted by Crippen LogP contribution is -2.37. The number of aliphatic hydroxyl groups excluding tert-OH is 1. The van der Waals surface area contributed by atoms with Crippen molar-refractivity contribution in [1.29, 1.82) is 0 Å². The second-order valence-electron chi connectivity index (χ2n) is 8.75. The molecule has 0 amide bonds. The van der Waals surface area contributed by atoms with Crippen molar-refractivity contribution in [1.82, 2.24) is 20.1 Å². The first-order chi connectivity index (χ1) is 15.7. The third kappa shape index (κ3) is 4.40. The molecule has 1 aliphatic rings. The van der Waals surface area contributed by atoms with Crippen LogP contribution in [0.4, 0.5) is 0 Å². The third-order valence-corrected chi connectivity index (χ3v) is 6.36. The predicted molar refractivity (Wildman–Crippen MR) is 128 cm³/mol. The standard InChI is InChI=1S/C27H28N4O/c1-19(32)18-31-14-10-22(11-15-31)26-17-25(21-8-12-28-13-9-21)27(30-29-26)24-7-6-20-4-2-3-5-23(20)16-24/h2-9,12-13,16-17,19,22,32H,10-11,14-15,18H2,1H3. The number of aliphatic hydroxyl groups is 1. The molecule has 32 heavy (non-hydrogen) atoms. The fraction of sp³-hybridized carbons (Fsp3) is 0.296. The normalized spacial score (nSPS) is 16.3. The maximum absolute atomic E-state index is 9.69. The van der Waals surface area contributed by atoms with Crippen LogP contribution in [0.1, 0.15) is 31.4 Å². The predicted octanol–water partition coefficient (Wildman–Crippen LogP) is 4.92. The van der Waals surface area contributed by atoms with Gasteiger partial charge in [0.15, 0.2) is 0 Å². The monoisotopic (exact) mass is 424 g/mol. The van der Waals surface area contributed by atoms with E-state index in [-0.39, 0.29) is 6.10 Å². The van der Waals surface area contributed by atoms with Crippen LogP contribution in [0.25, 0.3) is 33.2 Å². The van der Waals surface area contributed by atoms with E-state index in [2.05, 4.69) is 58.4 Å². The molecule has 1 unspecified atom stereocenters. The summed E-state index contributed by atoms with van der Waals surface area (Å²) in [5.41, 5.74) is 5.22. The summed E-state index contributed by atoms with van der Waals surface area (Å²) in [5, 5.41) is 21.5.